The summed E-state index contributed by atoms with van der Waals surface area (Å²) in [5.41, 5.74) is 10.6. The summed E-state index contributed by atoms with van der Waals surface area (Å²) in [7, 11) is 0. The maximum atomic E-state index is 10.3. The van der Waals surface area contributed by atoms with Crippen LogP contribution < -0.4 is 11.5 Å². The molecule has 6 nitrogen and oxygen atoms in total. The van der Waals surface area contributed by atoms with E-state index in [2.05, 4.69) is 0 Å². The molecular weight excluding hydrogens is 176 g/mol. The fourth-order valence-electron chi connectivity index (χ4n) is 0.852. The van der Waals surface area contributed by atoms with E-state index < -0.39 is 24.0 Å². The van der Waals surface area contributed by atoms with E-state index in [0.29, 0.717) is 12.8 Å². The molecule has 6 heteroatoms. The van der Waals surface area contributed by atoms with Crippen LogP contribution in [0.5, 0.6) is 0 Å². The van der Waals surface area contributed by atoms with Gasteiger partial charge in [0, 0.05) is 12.5 Å². The molecule has 0 aromatic rings. The number of carboxylic acids is 2. The first kappa shape index (κ1) is 11.9. The van der Waals surface area contributed by atoms with Crippen LogP contribution in [0.25, 0.3) is 0 Å². The van der Waals surface area contributed by atoms with E-state index in [4.69, 9.17) is 21.7 Å². The molecular formula is C7H14N2O4. The van der Waals surface area contributed by atoms with Gasteiger partial charge in [0.15, 0.2) is 0 Å². The second kappa shape index (κ2) is 5.50. The molecule has 2 atom stereocenters. The van der Waals surface area contributed by atoms with Crippen LogP contribution in [0.1, 0.15) is 19.3 Å². The van der Waals surface area contributed by atoms with Crippen molar-refractivity contribution in [2.24, 2.45) is 11.5 Å². The lowest BCUT2D eigenvalue weighted by atomic mass is 10.0. The summed E-state index contributed by atoms with van der Waals surface area (Å²) in [5.74, 6) is -2.08. The molecule has 0 aromatic heterocycles. The van der Waals surface area contributed by atoms with Gasteiger partial charge in [-0.05, 0) is 12.8 Å². The molecule has 0 aliphatic carbocycles. The summed E-state index contributed by atoms with van der Waals surface area (Å²) in [6.45, 7) is 0. The summed E-state index contributed by atoms with van der Waals surface area (Å²) in [6.07, 6.45) is 0.636. The lowest BCUT2D eigenvalue weighted by Gasteiger charge is -2.14. The monoisotopic (exact) mass is 190 g/mol. The van der Waals surface area contributed by atoms with Crippen LogP contribution in [-0.4, -0.2) is 34.2 Å². The molecule has 13 heavy (non-hydrogen) atoms. The molecule has 76 valence electrons. The third-order valence-electron chi connectivity index (χ3n) is 1.67. The van der Waals surface area contributed by atoms with E-state index in [-0.39, 0.29) is 6.42 Å². The van der Waals surface area contributed by atoms with Gasteiger partial charge < -0.3 is 21.7 Å². The predicted octanol–water partition coefficient (Wildman–Crippen LogP) is -1.02. The largest absolute Gasteiger partial charge is 0.481 e. The van der Waals surface area contributed by atoms with Crippen molar-refractivity contribution in [2.45, 2.75) is 31.3 Å². The average molecular weight is 190 g/mol. The molecule has 0 saturated heterocycles. The van der Waals surface area contributed by atoms with Crippen LogP contribution in [0, 0.1) is 0 Å². The SMILES string of the molecule is NC(CCCC(=O)O)C(N)C(=O)O. The zero-order chi connectivity index (χ0) is 10.4. The highest BCUT2D eigenvalue weighted by atomic mass is 16.4. The molecule has 0 heterocycles. The van der Waals surface area contributed by atoms with E-state index in [9.17, 15) is 9.59 Å². The van der Waals surface area contributed by atoms with E-state index in [1.54, 1.807) is 0 Å². The normalized spacial score (nSPS) is 14.9. The van der Waals surface area contributed by atoms with Crippen molar-refractivity contribution in [1.29, 1.82) is 0 Å². The van der Waals surface area contributed by atoms with Gasteiger partial charge >= 0.3 is 11.9 Å². The summed E-state index contributed by atoms with van der Waals surface area (Å²) in [6, 6.07) is -1.80. The van der Waals surface area contributed by atoms with Gasteiger partial charge in [-0.1, -0.05) is 0 Å². The minimum absolute atomic E-state index is 0.0139. The van der Waals surface area contributed by atoms with Crippen LogP contribution >= 0.6 is 0 Å². The van der Waals surface area contributed by atoms with E-state index in [1.807, 2.05) is 0 Å². The predicted molar refractivity (Wildman–Crippen MR) is 45.1 cm³/mol. The molecule has 0 amide bonds. The topological polar surface area (TPSA) is 127 Å². The Morgan fingerprint density at radius 2 is 1.77 bits per heavy atom. The van der Waals surface area contributed by atoms with Crippen molar-refractivity contribution < 1.29 is 19.8 Å². The fourth-order valence-corrected chi connectivity index (χ4v) is 0.852. The number of aliphatic carboxylic acids is 2. The minimum Gasteiger partial charge on any atom is -0.481 e. The van der Waals surface area contributed by atoms with Crippen LogP contribution in [-0.2, 0) is 9.59 Å². The van der Waals surface area contributed by atoms with Crippen molar-refractivity contribution in [3.8, 4) is 0 Å². The maximum absolute atomic E-state index is 10.3. The zero-order valence-corrected chi connectivity index (χ0v) is 7.14. The Hall–Kier alpha value is -1.14. The lowest BCUT2D eigenvalue weighted by molar-refractivity contribution is -0.139. The summed E-state index contributed by atoms with van der Waals surface area (Å²) < 4.78 is 0. The van der Waals surface area contributed by atoms with Gasteiger partial charge in [-0.3, -0.25) is 9.59 Å². The van der Waals surface area contributed by atoms with E-state index in [0.717, 1.165) is 0 Å². The van der Waals surface area contributed by atoms with E-state index >= 15 is 0 Å². The molecule has 0 rings (SSSR count). The number of rotatable bonds is 6. The van der Waals surface area contributed by atoms with Crippen LogP contribution in [0.4, 0.5) is 0 Å². The van der Waals surface area contributed by atoms with Crippen molar-refractivity contribution in [2.75, 3.05) is 0 Å². The molecule has 0 spiro atoms. The quantitative estimate of drug-likeness (QED) is 0.424. The van der Waals surface area contributed by atoms with Gasteiger partial charge in [0.2, 0.25) is 0 Å². The van der Waals surface area contributed by atoms with Gasteiger partial charge in [0.05, 0.1) is 0 Å². The Balaban J connectivity index is 3.67. The van der Waals surface area contributed by atoms with Gasteiger partial charge in [-0.15, -0.1) is 0 Å². The molecule has 0 saturated carbocycles. The molecule has 2 unspecified atom stereocenters. The van der Waals surface area contributed by atoms with Crippen molar-refractivity contribution >= 4 is 11.9 Å². The van der Waals surface area contributed by atoms with Crippen molar-refractivity contribution in [1.82, 2.24) is 0 Å². The highest BCUT2D eigenvalue weighted by Crippen LogP contribution is 2.01. The standard InChI is InChI=1S/C7H14N2O4/c8-4(6(9)7(12)13)2-1-3-5(10)11/h4,6H,1-3,8-9H2,(H,10,11)(H,12,13). The smallest absolute Gasteiger partial charge is 0.322 e. The highest BCUT2D eigenvalue weighted by Gasteiger charge is 2.19. The maximum Gasteiger partial charge on any atom is 0.322 e. The van der Waals surface area contributed by atoms with Crippen LogP contribution in [0.15, 0.2) is 0 Å². The summed E-state index contributed by atoms with van der Waals surface area (Å²) in [4.78, 5) is 20.4. The molecule has 0 bridgehead atoms. The Kier molecular flexibility index (Phi) is 5.01. The Morgan fingerprint density at radius 3 is 2.15 bits per heavy atom. The molecule has 0 fully saturated rings. The van der Waals surface area contributed by atoms with E-state index in [1.165, 1.54) is 0 Å². The highest BCUT2D eigenvalue weighted by molar-refractivity contribution is 5.74. The Bertz CT molecular complexity index is 195. The zero-order valence-electron chi connectivity index (χ0n) is 7.14. The number of nitrogens with two attached hydrogens (primary N) is 2. The molecule has 0 aliphatic heterocycles. The first-order valence-corrected chi connectivity index (χ1v) is 3.91. The third kappa shape index (κ3) is 5.15. The Labute approximate surface area is 75.5 Å². The van der Waals surface area contributed by atoms with Crippen LogP contribution in [0.2, 0.25) is 0 Å². The number of hydrogen-bond donors (Lipinski definition) is 4. The number of carboxylic acid groups (broad SMARTS) is 2. The van der Waals surface area contributed by atoms with Crippen molar-refractivity contribution in [3.63, 3.8) is 0 Å². The third-order valence-corrected chi connectivity index (χ3v) is 1.67. The number of hydrogen-bond acceptors (Lipinski definition) is 4. The average Bonchev–Trinajstić information content (AvgIpc) is 2.02. The first-order valence-electron chi connectivity index (χ1n) is 3.91. The Morgan fingerprint density at radius 1 is 1.23 bits per heavy atom. The van der Waals surface area contributed by atoms with Gasteiger partial charge in [-0.25, -0.2) is 0 Å². The molecule has 0 radical (unpaired) electrons. The van der Waals surface area contributed by atoms with Crippen molar-refractivity contribution in [3.05, 3.63) is 0 Å². The summed E-state index contributed by atoms with van der Waals surface area (Å²) in [5, 5.41) is 16.7. The van der Waals surface area contributed by atoms with Gasteiger partial charge in [0.25, 0.3) is 0 Å². The number of carbonyl (C=O) groups is 2. The van der Waals surface area contributed by atoms with Gasteiger partial charge in [0.1, 0.15) is 6.04 Å². The van der Waals surface area contributed by atoms with Gasteiger partial charge in [-0.2, -0.15) is 0 Å². The second-order valence-electron chi connectivity index (χ2n) is 2.81. The molecule has 0 aliphatic rings. The fraction of sp³-hybridized carbons (Fsp3) is 0.714. The first-order chi connectivity index (χ1) is 5.95. The second-order valence-corrected chi connectivity index (χ2v) is 2.81. The molecule has 6 N–H and O–H groups in total. The lowest BCUT2D eigenvalue weighted by Crippen LogP contribution is -2.46. The summed E-state index contributed by atoms with van der Waals surface area (Å²) >= 11 is 0. The minimum atomic E-state index is -1.16. The molecule has 0 aromatic carbocycles. The van der Waals surface area contributed by atoms with Crippen LogP contribution in [0.3, 0.4) is 0 Å².